The summed E-state index contributed by atoms with van der Waals surface area (Å²) in [4.78, 5) is 17.0. The number of nitrogens with zero attached hydrogens (tertiary/aromatic N) is 3. The fourth-order valence-electron chi connectivity index (χ4n) is 3.90. The summed E-state index contributed by atoms with van der Waals surface area (Å²) in [5, 5.41) is 10.4. The van der Waals surface area contributed by atoms with Gasteiger partial charge >= 0.3 is 0 Å². The Morgan fingerprint density at radius 1 is 1.04 bits per heavy atom. The monoisotopic (exact) mass is 347 g/mol. The van der Waals surface area contributed by atoms with Crippen LogP contribution in [0.3, 0.4) is 0 Å². The largest absolute Gasteiger partial charge is 0.383 e. The minimum Gasteiger partial charge on any atom is -0.383 e. The van der Waals surface area contributed by atoms with E-state index in [1.54, 1.807) is 0 Å². The van der Waals surface area contributed by atoms with Gasteiger partial charge < -0.3 is 15.1 Å². The average Bonchev–Trinajstić information content (AvgIpc) is 2.66. The van der Waals surface area contributed by atoms with Crippen molar-refractivity contribution in [3.8, 4) is 0 Å². The molecule has 140 valence electrons. The average molecular weight is 348 g/mol. The molecule has 3 rings (SSSR count). The van der Waals surface area contributed by atoms with Crippen molar-refractivity contribution in [2.75, 3.05) is 51.1 Å². The first-order chi connectivity index (χ1) is 12.3. The number of aromatic amines is 1. The van der Waals surface area contributed by atoms with Gasteiger partial charge in [-0.1, -0.05) is 26.2 Å². The lowest BCUT2D eigenvalue weighted by atomic mass is 10.0. The minimum absolute atomic E-state index is 0.0253. The molecule has 1 aromatic rings. The molecule has 3 heterocycles. The normalized spacial score (nSPS) is 18.8. The SMILES string of the molecule is CCCCCCN1CCN(CCc2n[nH]c(=O)c3c2NCCC3)CC1. The molecule has 0 unspecified atom stereocenters. The second kappa shape index (κ2) is 9.34. The van der Waals surface area contributed by atoms with E-state index in [4.69, 9.17) is 0 Å². The van der Waals surface area contributed by atoms with E-state index in [1.807, 2.05) is 0 Å². The van der Waals surface area contributed by atoms with Crippen LogP contribution < -0.4 is 10.9 Å². The van der Waals surface area contributed by atoms with Crippen LogP contribution in [0.2, 0.25) is 0 Å². The van der Waals surface area contributed by atoms with Crippen molar-refractivity contribution in [2.24, 2.45) is 0 Å². The van der Waals surface area contributed by atoms with Crippen molar-refractivity contribution in [3.05, 3.63) is 21.6 Å². The van der Waals surface area contributed by atoms with Gasteiger partial charge in [0, 0.05) is 51.3 Å². The van der Waals surface area contributed by atoms with Crippen LogP contribution in [0.25, 0.3) is 0 Å². The highest BCUT2D eigenvalue weighted by Gasteiger charge is 2.20. The summed E-state index contributed by atoms with van der Waals surface area (Å²) in [6.07, 6.45) is 8.18. The van der Waals surface area contributed by atoms with Crippen molar-refractivity contribution in [1.29, 1.82) is 0 Å². The molecule has 0 spiro atoms. The van der Waals surface area contributed by atoms with Gasteiger partial charge in [-0.2, -0.15) is 5.10 Å². The van der Waals surface area contributed by atoms with Gasteiger partial charge in [-0.05, 0) is 25.8 Å². The van der Waals surface area contributed by atoms with Crippen molar-refractivity contribution >= 4 is 5.69 Å². The molecule has 0 atom stereocenters. The van der Waals surface area contributed by atoms with Crippen LogP contribution in [0.15, 0.2) is 4.79 Å². The molecular formula is C19H33N5O. The Balaban J connectivity index is 1.44. The van der Waals surface area contributed by atoms with Crippen LogP contribution in [0.4, 0.5) is 5.69 Å². The van der Waals surface area contributed by atoms with Crippen LogP contribution in [0, 0.1) is 0 Å². The third-order valence-corrected chi connectivity index (χ3v) is 5.52. The molecule has 1 saturated heterocycles. The molecule has 2 N–H and O–H groups in total. The number of H-pyrrole nitrogens is 1. The predicted molar refractivity (Wildman–Crippen MR) is 102 cm³/mol. The zero-order valence-electron chi connectivity index (χ0n) is 15.6. The Labute approximate surface area is 151 Å². The number of rotatable bonds is 8. The Morgan fingerprint density at radius 3 is 2.56 bits per heavy atom. The molecule has 0 aliphatic carbocycles. The van der Waals surface area contributed by atoms with Gasteiger partial charge in [0.2, 0.25) is 0 Å². The van der Waals surface area contributed by atoms with E-state index in [0.717, 1.165) is 62.4 Å². The van der Waals surface area contributed by atoms with Gasteiger partial charge in [0.15, 0.2) is 0 Å². The summed E-state index contributed by atoms with van der Waals surface area (Å²) in [5.41, 5.74) is 2.90. The second-order valence-electron chi connectivity index (χ2n) is 7.38. The van der Waals surface area contributed by atoms with E-state index >= 15 is 0 Å². The number of fused-ring (bicyclic) bond motifs is 1. The highest BCUT2D eigenvalue weighted by Crippen LogP contribution is 2.21. The Hall–Kier alpha value is -1.40. The smallest absolute Gasteiger partial charge is 0.269 e. The van der Waals surface area contributed by atoms with Crippen LogP contribution >= 0.6 is 0 Å². The molecule has 1 fully saturated rings. The molecule has 2 aliphatic heterocycles. The first-order valence-corrected chi connectivity index (χ1v) is 10.1. The standard InChI is InChI=1S/C19H33N5O/c1-2-3-4-5-10-23-12-14-24(15-13-23)11-8-17-18-16(7-6-9-20-18)19(25)22-21-17/h20H,2-15H2,1H3,(H,22,25). The predicted octanol–water partition coefficient (Wildman–Crippen LogP) is 1.87. The molecule has 0 bridgehead atoms. The van der Waals surface area contributed by atoms with Crippen LogP contribution in [-0.4, -0.2) is 65.8 Å². The number of anilines is 1. The summed E-state index contributed by atoms with van der Waals surface area (Å²) in [6.45, 7) is 10.1. The fraction of sp³-hybridized carbons (Fsp3) is 0.789. The van der Waals surface area contributed by atoms with E-state index < -0.39 is 0 Å². The topological polar surface area (TPSA) is 64.3 Å². The summed E-state index contributed by atoms with van der Waals surface area (Å²) in [7, 11) is 0. The van der Waals surface area contributed by atoms with E-state index in [1.165, 1.54) is 45.3 Å². The van der Waals surface area contributed by atoms with E-state index in [9.17, 15) is 4.79 Å². The van der Waals surface area contributed by atoms with Crippen LogP contribution in [0.5, 0.6) is 0 Å². The number of aromatic nitrogens is 2. The summed E-state index contributed by atoms with van der Waals surface area (Å²) < 4.78 is 0. The molecular weight excluding hydrogens is 314 g/mol. The molecule has 6 heteroatoms. The van der Waals surface area contributed by atoms with Gasteiger partial charge in [0.05, 0.1) is 11.4 Å². The quantitative estimate of drug-likeness (QED) is 0.703. The Bertz CT molecular complexity index is 592. The van der Waals surface area contributed by atoms with Gasteiger partial charge in [0.25, 0.3) is 5.56 Å². The lowest BCUT2D eigenvalue weighted by Gasteiger charge is -2.34. The molecule has 25 heavy (non-hydrogen) atoms. The van der Waals surface area contributed by atoms with Gasteiger partial charge in [-0.15, -0.1) is 0 Å². The summed E-state index contributed by atoms with van der Waals surface area (Å²) in [6, 6.07) is 0. The number of hydrogen-bond donors (Lipinski definition) is 2. The molecule has 0 amide bonds. The number of piperazine rings is 1. The number of hydrogen-bond acceptors (Lipinski definition) is 5. The highest BCUT2D eigenvalue weighted by atomic mass is 16.1. The molecule has 6 nitrogen and oxygen atoms in total. The maximum absolute atomic E-state index is 11.9. The maximum Gasteiger partial charge on any atom is 0.269 e. The maximum atomic E-state index is 11.9. The van der Waals surface area contributed by atoms with Crippen molar-refractivity contribution < 1.29 is 0 Å². The highest BCUT2D eigenvalue weighted by molar-refractivity contribution is 5.55. The molecule has 1 aromatic heterocycles. The lowest BCUT2D eigenvalue weighted by molar-refractivity contribution is 0.131. The Morgan fingerprint density at radius 2 is 1.80 bits per heavy atom. The van der Waals surface area contributed by atoms with E-state index in [2.05, 4.69) is 32.2 Å². The lowest BCUT2D eigenvalue weighted by Crippen LogP contribution is -2.47. The third kappa shape index (κ3) is 5.05. The number of nitrogens with one attached hydrogen (secondary N) is 2. The summed E-state index contributed by atoms with van der Waals surface area (Å²) in [5.74, 6) is 0. The molecule has 0 radical (unpaired) electrons. The zero-order chi connectivity index (χ0) is 17.5. The first kappa shape index (κ1) is 18.4. The van der Waals surface area contributed by atoms with Crippen LogP contribution in [0.1, 0.15) is 50.3 Å². The summed E-state index contributed by atoms with van der Waals surface area (Å²) >= 11 is 0. The van der Waals surface area contributed by atoms with Gasteiger partial charge in [0.1, 0.15) is 0 Å². The van der Waals surface area contributed by atoms with Crippen molar-refractivity contribution in [3.63, 3.8) is 0 Å². The zero-order valence-corrected chi connectivity index (χ0v) is 15.6. The fourth-order valence-corrected chi connectivity index (χ4v) is 3.90. The second-order valence-corrected chi connectivity index (χ2v) is 7.38. The first-order valence-electron chi connectivity index (χ1n) is 10.1. The van der Waals surface area contributed by atoms with Gasteiger partial charge in [-0.3, -0.25) is 4.79 Å². The molecule has 2 aliphatic rings. The van der Waals surface area contributed by atoms with Crippen molar-refractivity contribution in [1.82, 2.24) is 20.0 Å². The van der Waals surface area contributed by atoms with E-state index in [0.29, 0.717) is 0 Å². The van der Waals surface area contributed by atoms with Crippen molar-refractivity contribution in [2.45, 2.75) is 51.9 Å². The minimum atomic E-state index is -0.0253. The number of unbranched alkanes of at least 4 members (excludes halogenated alkanes) is 3. The van der Waals surface area contributed by atoms with E-state index in [-0.39, 0.29) is 5.56 Å². The third-order valence-electron chi connectivity index (χ3n) is 5.52. The van der Waals surface area contributed by atoms with Crippen LogP contribution in [-0.2, 0) is 12.8 Å². The molecule has 0 saturated carbocycles. The van der Waals surface area contributed by atoms with Gasteiger partial charge in [-0.25, -0.2) is 5.10 Å². The molecule has 0 aromatic carbocycles. The Kier molecular flexibility index (Phi) is 6.87.